The van der Waals surface area contributed by atoms with Crippen molar-refractivity contribution < 1.29 is 9.18 Å². The number of nitrogens with zero attached hydrogens (tertiary/aromatic N) is 2. The predicted octanol–water partition coefficient (Wildman–Crippen LogP) is 2.27. The molecule has 0 bridgehead atoms. The van der Waals surface area contributed by atoms with Gasteiger partial charge in [0.15, 0.2) is 0 Å². The second kappa shape index (κ2) is 6.08. The van der Waals surface area contributed by atoms with Crippen molar-refractivity contribution in [3.05, 3.63) is 41.5 Å². The predicted molar refractivity (Wildman–Crippen MR) is 69.1 cm³/mol. The first kappa shape index (κ1) is 13.2. The fourth-order valence-electron chi connectivity index (χ4n) is 1.68. The summed E-state index contributed by atoms with van der Waals surface area (Å²) in [5, 5.41) is 9.21. The van der Waals surface area contributed by atoms with Crippen LogP contribution in [0.5, 0.6) is 0 Å². The van der Waals surface area contributed by atoms with Crippen LogP contribution in [0.15, 0.2) is 24.3 Å². The van der Waals surface area contributed by atoms with Crippen LogP contribution in [0.4, 0.5) is 10.3 Å². The summed E-state index contributed by atoms with van der Waals surface area (Å²) in [6.07, 6.45) is 1.65. The van der Waals surface area contributed by atoms with Gasteiger partial charge in [-0.05, 0) is 24.1 Å². The van der Waals surface area contributed by atoms with E-state index in [1.165, 1.54) is 12.1 Å². The van der Waals surface area contributed by atoms with E-state index in [4.69, 9.17) is 0 Å². The summed E-state index contributed by atoms with van der Waals surface area (Å²) >= 11 is 0. The van der Waals surface area contributed by atoms with Crippen LogP contribution in [-0.4, -0.2) is 21.1 Å². The number of nitrogens with one attached hydrogen (secondary N) is 2. The zero-order chi connectivity index (χ0) is 13.7. The van der Waals surface area contributed by atoms with Crippen molar-refractivity contribution in [2.75, 3.05) is 5.32 Å². The number of aromatic amines is 1. The lowest BCUT2D eigenvalue weighted by Gasteiger charge is -1.98. The number of amides is 1. The van der Waals surface area contributed by atoms with Crippen molar-refractivity contribution in [2.45, 2.75) is 26.2 Å². The van der Waals surface area contributed by atoms with Gasteiger partial charge in [0.1, 0.15) is 11.6 Å². The van der Waals surface area contributed by atoms with Crippen LogP contribution in [0.25, 0.3) is 0 Å². The number of carbonyl (C=O) groups is 1. The molecule has 0 unspecified atom stereocenters. The number of hydrogen-bond acceptors (Lipinski definition) is 3. The molecule has 0 aliphatic carbocycles. The molecule has 0 fully saturated rings. The minimum absolute atomic E-state index is 0.112. The number of H-pyrrole nitrogens is 1. The van der Waals surface area contributed by atoms with Crippen LogP contribution in [0, 0.1) is 5.82 Å². The molecule has 0 aliphatic rings. The highest BCUT2D eigenvalue weighted by atomic mass is 19.1. The van der Waals surface area contributed by atoms with E-state index in [1.807, 2.05) is 6.92 Å². The average Bonchev–Trinajstić information content (AvgIpc) is 2.76. The minimum atomic E-state index is -0.284. The number of hydrogen-bond donors (Lipinski definition) is 2. The second-order valence-corrected chi connectivity index (χ2v) is 4.21. The van der Waals surface area contributed by atoms with Gasteiger partial charge in [-0.2, -0.15) is 4.98 Å². The molecule has 1 aromatic carbocycles. The summed E-state index contributed by atoms with van der Waals surface area (Å²) in [4.78, 5) is 15.5. The average molecular weight is 262 g/mol. The Bertz CT molecular complexity index is 567. The van der Waals surface area contributed by atoms with Gasteiger partial charge in [-0.15, -0.1) is 5.10 Å². The van der Waals surface area contributed by atoms with Gasteiger partial charge in [-0.25, -0.2) is 4.39 Å². The molecule has 2 aromatic rings. The Balaban J connectivity index is 1.99. The lowest BCUT2D eigenvalue weighted by atomic mass is 10.1. The van der Waals surface area contributed by atoms with Gasteiger partial charge in [0.25, 0.3) is 0 Å². The largest absolute Gasteiger partial charge is 0.293 e. The normalized spacial score (nSPS) is 10.4. The van der Waals surface area contributed by atoms with E-state index in [1.54, 1.807) is 12.1 Å². The number of benzene rings is 1. The van der Waals surface area contributed by atoms with Crippen molar-refractivity contribution in [3.8, 4) is 0 Å². The van der Waals surface area contributed by atoms with Gasteiger partial charge in [0.2, 0.25) is 11.9 Å². The molecule has 6 heteroatoms. The molecule has 2 N–H and O–H groups in total. The monoisotopic (exact) mass is 262 g/mol. The molecule has 100 valence electrons. The van der Waals surface area contributed by atoms with E-state index >= 15 is 0 Å². The van der Waals surface area contributed by atoms with Crippen LogP contribution in [0.3, 0.4) is 0 Å². The van der Waals surface area contributed by atoms with E-state index in [-0.39, 0.29) is 17.7 Å². The number of aromatic nitrogens is 3. The van der Waals surface area contributed by atoms with Gasteiger partial charge in [0.05, 0.1) is 0 Å². The highest BCUT2D eigenvalue weighted by molar-refractivity contribution is 5.88. The third kappa shape index (κ3) is 3.87. The van der Waals surface area contributed by atoms with Gasteiger partial charge in [-0.3, -0.25) is 15.2 Å². The van der Waals surface area contributed by atoms with Crippen LogP contribution in [0.2, 0.25) is 0 Å². The number of rotatable bonds is 5. The lowest BCUT2D eigenvalue weighted by Crippen LogP contribution is -2.11. The van der Waals surface area contributed by atoms with Crippen molar-refractivity contribution >= 4 is 11.9 Å². The van der Waals surface area contributed by atoms with Crippen LogP contribution >= 0.6 is 0 Å². The highest BCUT2D eigenvalue weighted by Crippen LogP contribution is 2.09. The summed E-state index contributed by atoms with van der Waals surface area (Å²) in [7, 11) is 0. The van der Waals surface area contributed by atoms with Gasteiger partial charge in [-0.1, -0.05) is 19.1 Å². The molecule has 0 radical (unpaired) electrons. The van der Waals surface area contributed by atoms with Crippen LogP contribution in [-0.2, 0) is 11.2 Å². The Morgan fingerprint density at radius 1 is 1.47 bits per heavy atom. The first-order valence-electron chi connectivity index (χ1n) is 6.13. The van der Waals surface area contributed by atoms with Crippen LogP contribution < -0.4 is 5.32 Å². The maximum Gasteiger partial charge on any atom is 0.248 e. The van der Waals surface area contributed by atoms with E-state index < -0.39 is 0 Å². The Labute approximate surface area is 110 Å². The number of anilines is 1. The van der Waals surface area contributed by atoms with E-state index in [2.05, 4.69) is 20.5 Å². The van der Waals surface area contributed by atoms with E-state index in [0.29, 0.717) is 18.7 Å². The molecule has 0 saturated carbocycles. The molecule has 1 aromatic heterocycles. The Kier molecular flexibility index (Phi) is 4.22. The van der Waals surface area contributed by atoms with Crippen molar-refractivity contribution in [2.24, 2.45) is 0 Å². The van der Waals surface area contributed by atoms with Gasteiger partial charge >= 0.3 is 0 Å². The highest BCUT2D eigenvalue weighted by Gasteiger charge is 2.07. The molecule has 0 spiro atoms. The summed E-state index contributed by atoms with van der Waals surface area (Å²) in [6.45, 7) is 1.92. The minimum Gasteiger partial charge on any atom is -0.293 e. The molecular formula is C13H15FN4O. The smallest absolute Gasteiger partial charge is 0.248 e. The lowest BCUT2D eigenvalue weighted by molar-refractivity contribution is -0.116. The maximum absolute atomic E-state index is 13.0. The first-order valence-corrected chi connectivity index (χ1v) is 6.13. The summed E-state index contributed by atoms with van der Waals surface area (Å²) in [5.41, 5.74) is 0.794. The van der Waals surface area contributed by atoms with Gasteiger partial charge in [0, 0.05) is 12.8 Å². The summed E-state index contributed by atoms with van der Waals surface area (Å²) in [5.74, 6) is 0.439. The SMILES string of the molecule is CCCC(=O)Nc1n[nH]c(Cc2cccc(F)c2)n1. The Morgan fingerprint density at radius 3 is 3.05 bits per heavy atom. The zero-order valence-corrected chi connectivity index (χ0v) is 10.6. The third-order valence-electron chi connectivity index (χ3n) is 2.52. The van der Waals surface area contributed by atoms with E-state index in [0.717, 1.165) is 12.0 Å². The topological polar surface area (TPSA) is 70.7 Å². The molecule has 1 heterocycles. The Morgan fingerprint density at radius 2 is 2.32 bits per heavy atom. The molecule has 1 amide bonds. The molecule has 5 nitrogen and oxygen atoms in total. The van der Waals surface area contributed by atoms with Gasteiger partial charge < -0.3 is 0 Å². The fourth-order valence-corrected chi connectivity index (χ4v) is 1.68. The first-order chi connectivity index (χ1) is 9.17. The molecular weight excluding hydrogens is 247 g/mol. The number of halogens is 1. The molecule has 0 atom stereocenters. The quantitative estimate of drug-likeness (QED) is 0.868. The molecule has 0 aliphatic heterocycles. The standard InChI is InChI=1S/C13H15FN4O/c1-2-4-12(19)16-13-15-11(17-18-13)8-9-5-3-6-10(14)7-9/h3,5-7H,2,4,8H2,1H3,(H2,15,16,17,18,19). The summed E-state index contributed by atoms with van der Waals surface area (Å²) in [6, 6.07) is 6.28. The van der Waals surface area contributed by atoms with E-state index in [9.17, 15) is 9.18 Å². The van der Waals surface area contributed by atoms with Crippen LogP contribution in [0.1, 0.15) is 31.2 Å². The molecule has 19 heavy (non-hydrogen) atoms. The maximum atomic E-state index is 13.0. The third-order valence-corrected chi connectivity index (χ3v) is 2.52. The van der Waals surface area contributed by atoms with Crippen molar-refractivity contribution in [1.29, 1.82) is 0 Å². The molecule has 2 rings (SSSR count). The van der Waals surface area contributed by atoms with Crippen molar-refractivity contribution in [1.82, 2.24) is 15.2 Å². The Hall–Kier alpha value is -2.24. The van der Waals surface area contributed by atoms with Crippen molar-refractivity contribution in [3.63, 3.8) is 0 Å². The zero-order valence-electron chi connectivity index (χ0n) is 10.6. The second-order valence-electron chi connectivity index (χ2n) is 4.21. The fraction of sp³-hybridized carbons (Fsp3) is 0.308. The molecule has 0 saturated heterocycles. The summed E-state index contributed by atoms with van der Waals surface area (Å²) < 4.78 is 13.0. The number of carbonyl (C=O) groups excluding carboxylic acids is 1.